The van der Waals surface area contributed by atoms with Gasteiger partial charge in [0.2, 0.25) is 0 Å². The number of rotatable bonds is 5. The first-order chi connectivity index (χ1) is 15.0. The number of ether oxygens (including phenoxy) is 2. The van der Waals surface area contributed by atoms with Gasteiger partial charge < -0.3 is 18.9 Å². The average molecular weight is 427 g/mol. The van der Waals surface area contributed by atoms with E-state index in [-0.39, 0.29) is 25.2 Å². The maximum absolute atomic E-state index is 12.8. The summed E-state index contributed by atoms with van der Waals surface area (Å²) in [5.74, 6) is -0.115. The van der Waals surface area contributed by atoms with Gasteiger partial charge in [0.05, 0.1) is 5.69 Å². The van der Waals surface area contributed by atoms with E-state index in [4.69, 9.17) is 14.0 Å². The summed E-state index contributed by atoms with van der Waals surface area (Å²) in [6.45, 7) is 4.49. The van der Waals surface area contributed by atoms with Crippen LogP contribution in [-0.4, -0.2) is 64.7 Å². The molecular weight excluding hydrogens is 402 g/mol. The first-order valence-electron chi connectivity index (χ1n) is 10.3. The van der Waals surface area contributed by atoms with Crippen molar-refractivity contribution in [1.29, 1.82) is 0 Å². The molecule has 0 radical (unpaired) electrons. The number of amides is 2. The highest BCUT2D eigenvalue weighted by atomic mass is 16.6. The molecule has 164 valence electrons. The number of hydrogen-bond acceptors (Lipinski definition) is 7. The van der Waals surface area contributed by atoms with E-state index >= 15 is 0 Å². The van der Waals surface area contributed by atoms with E-state index in [1.807, 2.05) is 30.3 Å². The quantitative estimate of drug-likeness (QED) is 0.676. The van der Waals surface area contributed by atoms with Gasteiger partial charge in [0.25, 0.3) is 5.91 Å². The van der Waals surface area contributed by atoms with Gasteiger partial charge in [0, 0.05) is 19.1 Å². The van der Waals surface area contributed by atoms with Gasteiger partial charge in [0.1, 0.15) is 24.5 Å². The second-order valence-electron chi connectivity index (χ2n) is 7.82. The molecule has 1 unspecified atom stereocenters. The zero-order chi connectivity index (χ0) is 22.0. The predicted octanol–water partition coefficient (Wildman–Crippen LogP) is 2.46. The van der Waals surface area contributed by atoms with Crippen LogP contribution in [0.25, 0.3) is 0 Å². The SMILES string of the molecule is Cc1noc(C)c1C(=O)N1CCC(N2C(=O)OCC2C(=O)OCc2ccccc2)CC1. The van der Waals surface area contributed by atoms with Gasteiger partial charge in [-0.3, -0.25) is 9.69 Å². The molecule has 2 amide bonds. The smallest absolute Gasteiger partial charge is 0.410 e. The van der Waals surface area contributed by atoms with E-state index in [0.717, 1.165) is 5.56 Å². The van der Waals surface area contributed by atoms with E-state index in [0.29, 0.717) is 42.9 Å². The molecule has 3 heterocycles. The van der Waals surface area contributed by atoms with Crippen LogP contribution >= 0.6 is 0 Å². The zero-order valence-electron chi connectivity index (χ0n) is 17.6. The van der Waals surface area contributed by atoms with E-state index in [9.17, 15) is 14.4 Å². The minimum absolute atomic E-state index is 0.0231. The summed E-state index contributed by atoms with van der Waals surface area (Å²) in [6, 6.07) is 8.40. The fraction of sp³-hybridized carbons (Fsp3) is 0.455. The van der Waals surface area contributed by atoms with Crippen LogP contribution in [-0.2, 0) is 20.9 Å². The van der Waals surface area contributed by atoms with Crippen LogP contribution in [0.2, 0.25) is 0 Å². The van der Waals surface area contributed by atoms with Gasteiger partial charge in [-0.05, 0) is 32.3 Å². The fourth-order valence-electron chi connectivity index (χ4n) is 4.14. The van der Waals surface area contributed by atoms with Crippen LogP contribution < -0.4 is 0 Å². The molecule has 2 fully saturated rings. The Bertz CT molecular complexity index is 945. The Morgan fingerprint density at radius 2 is 1.87 bits per heavy atom. The highest BCUT2D eigenvalue weighted by Crippen LogP contribution is 2.26. The van der Waals surface area contributed by atoms with Gasteiger partial charge in [0.15, 0.2) is 6.04 Å². The molecule has 2 aliphatic heterocycles. The number of aryl methyl sites for hydroxylation is 2. The molecule has 0 spiro atoms. The Morgan fingerprint density at radius 1 is 1.16 bits per heavy atom. The summed E-state index contributed by atoms with van der Waals surface area (Å²) in [5, 5.41) is 3.85. The van der Waals surface area contributed by atoms with Crippen LogP contribution in [0.15, 0.2) is 34.9 Å². The largest absolute Gasteiger partial charge is 0.459 e. The maximum atomic E-state index is 12.8. The number of carbonyl (C=O) groups excluding carboxylic acids is 3. The molecule has 9 heteroatoms. The fourth-order valence-corrected chi connectivity index (χ4v) is 4.14. The van der Waals surface area contributed by atoms with Crippen molar-refractivity contribution in [3.05, 3.63) is 52.9 Å². The number of cyclic esters (lactones) is 1. The monoisotopic (exact) mass is 427 g/mol. The van der Waals surface area contributed by atoms with Crippen molar-refractivity contribution < 1.29 is 28.4 Å². The Labute approximate surface area is 179 Å². The molecule has 0 bridgehead atoms. The number of carbonyl (C=O) groups is 3. The van der Waals surface area contributed by atoms with Crippen LogP contribution in [0, 0.1) is 13.8 Å². The number of hydrogen-bond donors (Lipinski definition) is 0. The normalized spacial score (nSPS) is 19.4. The first kappa shape index (κ1) is 20.9. The van der Waals surface area contributed by atoms with Crippen molar-refractivity contribution >= 4 is 18.0 Å². The summed E-state index contributed by atoms with van der Waals surface area (Å²) in [5.41, 5.74) is 1.93. The molecule has 9 nitrogen and oxygen atoms in total. The van der Waals surface area contributed by atoms with Crippen molar-refractivity contribution in [3.63, 3.8) is 0 Å². The van der Waals surface area contributed by atoms with E-state index in [1.165, 1.54) is 4.90 Å². The molecule has 2 aliphatic rings. The van der Waals surface area contributed by atoms with Crippen LogP contribution in [0.1, 0.15) is 40.2 Å². The number of esters is 1. The van der Waals surface area contributed by atoms with Crippen molar-refractivity contribution in [2.24, 2.45) is 0 Å². The van der Waals surface area contributed by atoms with E-state index in [1.54, 1.807) is 18.7 Å². The summed E-state index contributed by atoms with van der Waals surface area (Å²) in [6.07, 6.45) is 0.580. The molecule has 0 saturated carbocycles. The number of nitrogens with zero attached hydrogens (tertiary/aromatic N) is 3. The standard InChI is InChI=1S/C22H25N3O6/c1-14-19(15(2)31-23-14)20(26)24-10-8-17(9-11-24)25-18(13-30-22(25)28)21(27)29-12-16-6-4-3-5-7-16/h3-7,17-18H,8-13H2,1-2H3. The Hall–Kier alpha value is -3.36. The lowest BCUT2D eigenvalue weighted by molar-refractivity contribution is -0.150. The second kappa shape index (κ2) is 8.79. The highest BCUT2D eigenvalue weighted by Gasteiger charge is 2.44. The maximum Gasteiger partial charge on any atom is 0.410 e. The Kier molecular flexibility index (Phi) is 5.92. The lowest BCUT2D eigenvalue weighted by Crippen LogP contribution is -2.52. The molecule has 0 N–H and O–H groups in total. The highest BCUT2D eigenvalue weighted by molar-refractivity contribution is 5.96. The van der Waals surface area contributed by atoms with E-state index in [2.05, 4.69) is 5.16 Å². The van der Waals surface area contributed by atoms with Gasteiger partial charge in [-0.1, -0.05) is 35.5 Å². The molecule has 1 atom stereocenters. The zero-order valence-corrected chi connectivity index (χ0v) is 17.6. The summed E-state index contributed by atoms with van der Waals surface area (Å²) in [7, 11) is 0. The van der Waals surface area contributed by atoms with Crippen molar-refractivity contribution in [2.75, 3.05) is 19.7 Å². The molecule has 1 aromatic heterocycles. The number of aromatic nitrogens is 1. The summed E-state index contributed by atoms with van der Waals surface area (Å²) < 4.78 is 15.7. The molecule has 0 aliphatic carbocycles. The van der Waals surface area contributed by atoms with Crippen molar-refractivity contribution in [3.8, 4) is 0 Å². The lowest BCUT2D eigenvalue weighted by Gasteiger charge is -2.37. The van der Waals surface area contributed by atoms with Crippen molar-refractivity contribution in [1.82, 2.24) is 15.0 Å². The van der Waals surface area contributed by atoms with Crippen LogP contribution in [0.5, 0.6) is 0 Å². The topological polar surface area (TPSA) is 102 Å². The molecular formula is C22H25N3O6. The van der Waals surface area contributed by atoms with Crippen molar-refractivity contribution in [2.45, 2.75) is 45.4 Å². The lowest BCUT2D eigenvalue weighted by atomic mass is 10.0. The minimum Gasteiger partial charge on any atom is -0.459 e. The molecule has 31 heavy (non-hydrogen) atoms. The predicted molar refractivity (Wildman–Crippen MR) is 108 cm³/mol. The van der Waals surface area contributed by atoms with E-state index < -0.39 is 18.1 Å². The summed E-state index contributed by atoms with van der Waals surface area (Å²) in [4.78, 5) is 41.0. The first-order valence-corrected chi connectivity index (χ1v) is 10.3. The van der Waals surface area contributed by atoms with Gasteiger partial charge in [-0.25, -0.2) is 9.59 Å². The summed E-state index contributed by atoms with van der Waals surface area (Å²) >= 11 is 0. The molecule has 2 aromatic rings. The molecule has 4 rings (SSSR count). The Morgan fingerprint density at radius 3 is 2.52 bits per heavy atom. The number of likely N-dealkylation sites (tertiary alicyclic amines) is 1. The minimum atomic E-state index is -0.772. The van der Waals surface area contributed by atoms with Crippen LogP contribution in [0.4, 0.5) is 4.79 Å². The third kappa shape index (κ3) is 4.26. The average Bonchev–Trinajstić information content (AvgIpc) is 3.34. The van der Waals surface area contributed by atoms with Gasteiger partial charge in [-0.2, -0.15) is 0 Å². The van der Waals surface area contributed by atoms with Gasteiger partial charge >= 0.3 is 12.1 Å². The van der Waals surface area contributed by atoms with Gasteiger partial charge in [-0.15, -0.1) is 0 Å². The molecule has 1 aromatic carbocycles. The Balaban J connectivity index is 1.36. The third-order valence-electron chi connectivity index (χ3n) is 5.80. The number of piperidine rings is 1. The van der Waals surface area contributed by atoms with Crippen LogP contribution in [0.3, 0.4) is 0 Å². The third-order valence-corrected chi connectivity index (χ3v) is 5.80. The second-order valence-corrected chi connectivity index (χ2v) is 7.82. The number of benzene rings is 1. The molecule has 2 saturated heterocycles.